The number of aliphatic imine (C=N–C) groups is 3. The van der Waals surface area contributed by atoms with Crippen molar-refractivity contribution in [3.8, 4) is 0 Å². The minimum atomic E-state index is -0.0591. The summed E-state index contributed by atoms with van der Waals surface area (Å²) in [6.45, 7) is 11.4. The van der Waals surface area contributed by atoms with E-state index in [4.69, 9.17) is 28.3 Å². The molecule has 0 aliphatic heterocycles. The molecule has 0 fully saturated rings. The van der Waals surface area contributed by atoms with Gasteiger partial charge in [0.2, 0.25) is 0 Å². The van der Waals surface area contributed by atoms with Gasteiger partial charge in [-0.15, -0.1) is 0 Å². The van der Waals surface area contributed by atoms with Crippen molar-refractivity contribution in [2.75, 3.05) is 26.2 Å². The van der Waals surface area contributed by atoms with Gasteiger partial charge in [-0.1, -0.05) is 79.1 Å². The Bertz CT molecular complexity index is 659. The molecule has 0 aromatic rings. The van der Waals surface area contributed by atoms with E-state index in [-0.39, 0.29) is 5.96 Å². The van der Waals surface area contributed by atoms with Gasteiger partial charge in [0.25, 0.3) is 0 Å². The van der Waals surface area contributed by atoms with Gasteiger partial charge in [0.1, 0.15) is 0 Å². The lowest BCUT2D eigenvalue weighted by Gasteiger charge is -2.22. The summed E-state index contributed by atoms with van der Waals surface area (Å²) in [5, 5.41) is 10.7. The van der Waals surface area contributed by atoms with Crippen molar-refractivity contribution in [3.05, 3.63) is 0 Å². The molecule has 0 saturated heterocycles. The number of nitrogens with one attached hydrogen (secondary N) is 2. The van der Waals surface area contributed by atoms with Crippen molar-refractivity contribution in [1.82, 2.24) is 10.2 Å². The Labute approximate surface area is 220 Å². The molecule has 0 rings (SSSR count). The van der Waals surface area contributed by atoms with Crippen LogP contribution >= 0.6 is 0 Å². The number of rotatable bonds is 19. The van der Waals surface area contributed by atoms with Gasteiger partial charge in [-0.3, -0.25) is 30.6 Å². The predicted octanol–water partition coefficient (Wildman–Crippen LogP) is 3.71. The SMILES string of the molecule is CCCCC(CC)CN=C(N)NC(N)=NCCCCCCN(C(=N)N)C(N)=NCC(CC)CCCC. The highest BCUT2D eigenvalue weighted by Gasteiger charge is 2.12. The number of nitrogens with zero attached hydrogens (tertiary/aromatic N) is 4. The number of hydrogen-bond donors (Lipinski definition) is 6. The van der Waals surface area contributed by atoms with Crippen LogP contribution in [0.3, 0.4) is 0 Å². The van der Waals surface area contributed by atoms with Crippen molar-refractivity contribution in [2.24, 2.45) is 49.7 Å². The highest BCUT2D eigenvalue weighted by atomic mass is 15.3. The van der Waals surface area contributed by atoms with E-state index >= 15 is 0 Å². The Hall–Kier alpha value is -2.52. The maximum atomic E-state index is 7.85. The molecule has 210 valence electrons. The lowest BCUT2D eigenvalue weighted by molar-refractivity contribution is 0.457. The van der Waals surface area contributed by atoms with Gasteiger partial charge in [-0.2, -0.15) is 0 Å². The molecular weight excluding hydrogens is 452 g/mol. The van der Waals surface area contributed by atoms with Crippen molar-refractivity contribution in [1.29, 1.82) is 5.41 Å². The van der Waals surface area contributed by atoms with Crippen LogP contribution in [0.4, 0.5) is 0 Å². The summed E-state index contributed by atoms with van der Waals surface area (Å²) in [6.07, 6.45) is 13.1. The zero-order valence-corrected chi connectivity index (χ0v) is 23.6. The second-order valence-corrected chi connectivity index (χ2v) is 9.60. The number of guanidine groups is 4. The Morgan fingerprint density at radius 1 is 0.722 bits per heavy atom. The molecule has 10 heteroatoms. The van der Waals surface area contributed by atoms with E-state index in [0.29, 0.717) is 55.9 Å². The zero-order chi connectivity index (χ0) is 27.2. The molecule has 0 bridgehead atoms. The fourth-order valence-corrected chi connectivity index (χ4v) is 3.87. The van der Waals surface area contributed by atoms with Crippen LogP contribution in [-0.4, -0.2) is 54.9 Å². The maximum Gasteiger partial charge on any atom is 0.198 e. The third kappa shape index (κ3) is 17.0. The van der Waals surface area contributed by atoms with E-state index in [1.165, 1.54) is 32.1 Å². The quantitative estimate of drug-likeness (QED) is 0.0878. The summed E-state index contributed by atoms with van der Waals surface area (Å²) >= 11 is 0. The van der Waals surface area contributed by atoms with E-state index in [1.807, 2.05) is 0 Å². The minimum absolute atomic E-state index is 0.0591. The maximum absolute atomic E-state index is 7.85. The molecular formula is C26H56N10. The molecule has 0 saturated carbocycles. The standard InChI is InChI=1S/C26H56N10/c1-5-9-15-21(7-3)19-33-25(30)35-24(29)32-17-13-11-12-14-18-36(23(27)28)26(31)34-20-22(8-4)16-10-6-2/h21-22H,5-20H2,1-4H3,(H3,27,28)(H2,31,34)(H5,29,30,32,33,35). The van der Waals surface area contributed by atoms with E-state index < -0.39 is 0 Å². The first-order valence-electron chi connectivity index (χ1n) is 14.1. The summed E-state index contributed by atoms with van der Waals surface area (Å²) in [7, 11) is 0. The van der Waals surface area contributed by atoms with Crippen molar-refractivity contribution < 1.29 is 0 Å². The van der Waals surface area contributed by atoms with Gasteiger partial charge in [-0.05, 0) is 37.5 Å². The van der Waals surface area contributed by atoms with Crippen LogP contribution in [0, 0.1) is 17.2 Å². The number of hydrogen-bond acceptors (Lipinski definition) is 4. The van der Waals surface area contributed by atoms with E-state index in [0.717, 1.165) is 44.9 Å². The molecule has 10 N–H and O–H groups in total. The van der Waals surface area contributed by atoms with Crippen LogP contribution < -0.4 is 28.3 Å². The smallest absolute Gasteiger partial charge is 0.198 e. The van der Waals surface area contributed by atoms with Gasteiger partial charge >= 0.3 is 0 Å². The van der Waals surface area contributed by atoms with E-state index in [9.17, 15) is 0 Å². The lowest BCUT2D eigenvalue weighted by atomic mass is 10.00. The van der Waals surface area contributed by atoms with Crippen LogP contribution in [0.5, 0.6) is 0 Å². The van der Waals surface area contributed by atoms with E-state index in [1.54, 1.807) is 4.90 Å². The summed E-state index contributed by atoms with van der Waals surface area (Å²) in [5.41, 5.74) is 23.8. The van der Waals surface area contributed by atoms with Crippen molar-refractivity contribution in [3.63, 3.8) is 0 Å². The molecule has 0 heterocycles. The normalized spacial score (nSPS) is 14.5. The van der Waals surface area contributed by atoms with Crippen LogP contribution in [0.1, 0.15) is 105 Å². The largest absolute Gasteiger partial charge is 0.370 e. The topological polar surface area (TPSA) is 180 Å². The highest BCUT2D eigenvalue weighted by molar-refractivity contribution is 5.97. The third-order valence-electron chi connectivity index (χ3n) is 6.51. The minimum Gasteiger partial charge on any atom is -0.370 e. The molecule has 0 amide bonds. The fourth-order valence-electron chi connectivity index (χ4n) is 3.87. The summed E-state index contributed by atoms with van der Waals surface area (Å²) in [5.74, 6) is 2.00. The Kier molecular flexibility index (Phi) is 20.2. The average Bonchev–Trinajstić information content (AvgIpc) is 2.85. The van der Waals surface area contributed by atoms with Gasteiger partial charge in [0.05, 0.1) is 0 Å². The monoisotopic (exact) mass is 508 g/mol. The van der Waals surface area contributed by atoms with E-state index in [2.05, 4.69) is 48.0 Å². The average molecular weight is 509 g/mol. The Morgan fingerprint density at radius 2 is 1.25 bits per heavy atom. The summed E-state index contributed by atoms with van der Waals surface area (Å²) in [4.78, 5) is 14.9. The second kappa shape index (κ2) is 21.7. The van der Waals surface area contributed by atoms with Crippen molar-refractivity contribution >= 4 is 23.8 Å². The van der Waals surface area contributed by atoms with Gasteiger partial charge in [0, 0.05) is 26.2 Å². The Morgan fingerprint density at radius 3 is 1.78 bits per heavy atom. The van der Waals surface area contributed by atoms with Crippen LogP contribution in [0.25, 0.3) is 0 Å². The Balaban J connectivity index is 4.31. The first-order valence-corrected chi connectivity index (χ1v) is 14.1. The molecule has 2 unspecified atom stereocenters. The van der Waals surface area contributed by atoms with Crippen LogP contribution in [0.2, 0.25) is 0 Å². The first kappa shape index (κ1) is 33.5. The molecule has 0 aliphatic carbocycles. The third-order valence-corrected chi connectivity index (χ3v) is 6.51. The molecule has 0 radical (unpaired) electrons. The molecule has 0 aromatic heterocycles. The number of nitrogens with two attached hydrogens (primary N) is 4. The van der Waals surface area contributed by atoms with Crippen LogP contribution in [0.15, 0.2) is 15.0 Å². The van der Waals surface area contributed by atoms with Crippen LogP contribution in [-0.2, 0) is 0 Å². The molecule has 36 heavy (non-hydrogen) atoms. The predicted molar refractivity (Wildman–Crippen MR) is 156 cm³/mol. The molecule has 0 aromatic carbocycles. The first-order chi connectivity index (χ1) is 17.3. The van der Waals surface area contributed by atoms with Crippen molar-refractivity contribution in [2.45, 2.75) is 105 Å². The number of unbranched alkanes of at least 4 members (excludes halogenated alkanes) is 5. The summed E-state index contributed by atoms with van der Waals surface area (Å²) < 4.78 is 0. The second-order valence-electron chi connectivity index (χ2n) is 9.60. The summed E-state index contributed by atoms with van der Waals surface area (Å²) in [6, 6.07) is 0. The molecule has 0 aliphatic rings. The highest BCUT2D eigenvalue weighted by Crippen LogP contribution is 2.13. The fraction of sp³-hybridized carbons (Fsp3) is 0.846. The molecule has 2 atom stereocenters. The van der Waals surface area contributed by atoms with Gasteiger partial charge in [-0.25, -0.2) is 0 Å². The molecule has 10 nitrogen and oxygen atoms in total. The zero-order valence-electron chi connectivity index (χ0n) is 23.6. The van der Waals surface area contributed by atoms with Gasteiger partial charge in [0.15, 0.2) is 23.8 Å². The lowest BCUT2D eigenvalue weighted by Crippen LogP contribution is -2.46. The molecule has 0 spiro atoms. The van der Waals surface area contributed by atoms with Gasteiger partial charge < -0.3 is 22.9 Å².